The largest absolute Gasteiger partial charge is 0.371 e. The third-order valence-electron chi connectivity index (χ3n) is 5.85. The molecule has 2 aromatic rings. The highest BCUT2D eigenvalue weighted by Crippen LogP contribution is 2.30. The number of thiazole rings is 1. The lowest BCUT2D eigenvalue weighted by atomic mass is 9.98. The number of amides is 1. The molecular formula is C21H26N4O3S. The Kier molecular flexibility index (Phi) is 5.80. The zero-order valence-corrected chi connectivity index (χ0v) is 17.5. The summed E-state index contributed by atoms with van der Waals surface area (Å²) in [5.74, 6) is 0.382. The molecule has 1 fully saturated rings. The number of aromatic nitrogens is 1. The SMILES string of the molecule is CC1CCN(c2ccc([N+](=O)[O-])cc2C(=O)NCc2nc3c(s2)CCCC3)CC1. The first-order valence-corrected chi connectivity index (χ1v) is 11.1. The summed E-state index contributed by atoms with van der Waals surface area (Å²) >= 11 is 1.67. The number of hydrogen-bond donors (Lipinski definition) is 1. The molecule has 1 N–H and O–H groups in total. The minimum Gasteiger partial charge on any atom is -0.371 e. The molecule has 1 aliphatic heterocycles. The fraction of sp³-hybridized carbons (Fsp3) is 0.524. The van der Waals surface area contributed by atoms with Gasteiger partial charge in [-0.25, -0.2) is 4.98 Å². The number of fused-ring (bicyclic) bond motifs is 1. The predicted octanol–water partition coefficient (Wildman–Crippen LogP) is 4.10. The molecule has 8 heteroatoms. The second-order valence-electron chi connectivity index (χ2n) is 8.00. The van der Waals surface area contributed by atoms with Gasteiger partial charge in [-0.05, 0) is 50.5 Å². The quantitative estimate of drug-likeness (QED) is 0.588. The number of benzene rings is 1. The molecule has 7 nitrogen and oxygen atoms in total. The van der Waals surface area contributed by atoms with E-state index >= 15 is 0 Å². The summed E-state index contributed by atoms with van der Waals surface area (Å²) in [5.41, 5.74) is 2.26. The fourth-order valence-electron chi connectivity index (χ4n) is 4.08. The third kappa shape index (κ3) is 4.42. The van der Waals surface area contributed by atoms with Crippen molar-refractivity contribution in [2.24, 2.45) is 5.92 Å². The van der Waals surface area contributed by atoms with E-state index in [0.717, 1.165) is 49.5 Å². The van der Waals surface area contributed by atoms with Gasteiger partial charge in [0.2, 0.25) is 0 Å². The molecule has 1 aromatic carbocycles. The molecule has 0 bridgehead atoms. The van der Waals surface area contributed by atoms with E-state index in [4.69, 9.17) is 0 Å². The fourth-order valence-corrected chi connectivity index (χ4v) is 5.17. The molecule has 2 heterocycles. The molecule has 0 radical (unpaired) electrons. The van der Waals surface area contributed by atoms with Crippen molar-refractivity contribution in [3.8, 4) is 0 Å². The summed E-state index contributed by atoms with van der Waals surface area (Å²) in [6, 6.07) is 4.60. The smallest absolute Gasteiger partial charge is 0.270 e. The summed E-state index contributed by atoms with van der Waals surface area (Å²) in [7, 11) is 0. The van der Waals surface area contributed by atoms with E-state index in [9.17, 15) is 14.9 Å². The summed E-state index contributed by atoms with van der Waals surface area (Å²) in [6.45, 7) is 4.31. The molecule has 0 spiro atoms. The lowest BCUT2D eigenvalue weighted by Crippen LogP contribution is -2.35. The maximum atomic E-state index is 13.0. The zero-order valence-electron chi connectivity index (χ0n) is 16.6. The Bertz CT molecular complexity index is 895. The average molecular weight is 415 g/mol. The van der Waals surface area contributed by atoms with Crippen molar-refractivity contribution in [1.82, 2.24) is 10.3 Å². The summed E-state index contributed by atoms with van der Waals surface area (Å²) < 4.78 is 0. The van der Waals surface area contributed by atoms with Gasteiger partial charge in [0, 0.05) is 30.1 Å². The van der Waals surface area contributed by atoms with Crippen molar-refractivity contribution < 1.29 is 9.72 Å². The highest BCUT2D eigenvalue weighted by Gasteiger charge is 2.24. The number of rotatable bonds is 5. The molecule has 1 amide bonds. The van der Waals surface area contributed by atoms with E-state index in [0.29, 0.717) is 18.0 Å². The number of nitro groups is 1. The lowest BCUT2D eigenvalue weighted by molar-refractivity contribution is -0.384. The Morgan fingerprint density at radius 3 is 2.79 bits per heavy atom. The molecule has 0 atom stereocenters. The van der Waals surface area contributed by atoms with E-state index in [1.54, 1.807) is 17.4 Å². The van der Waals surface area contributed by atoms with Gasteiger partial charge in [0.05, 0.1) is 28.4 Å². The molecule has 0 unspecified atom stereocenters. The van der Waals surface area contributed by atoms with Crippen LogP contribution in [-0.4, -0.2) is 28.9 Å². The summed E-state index contributed by atoms with van der Waals surface area (Å²) in [4.78, 5) is 31.9. The van der Waals surface area contributed by atoms with Crippen LogP contribution in [0.25, 0.3) is 0 Å². The lowest BCUT2D eigenvalue weighted by Gasteiger charge is -2.33. The first kappa shape index (κ1) is 19.8. The van der Waals surface area contributed by atoms with Gasteiger partial charge in [0.1, 0.15) is 5.01 Å². The van der Waals surface area contributed by atoms with Crippen LogP contribution in [0.15, 0.2) is 18.2 Å². The van der Waals surface area contributed by atoms with Crippen molar-refractivity contribution in [2.75, 3.05) is 18.0 Å². The number of piperidine rings is 1. The first-order chi connectivity index (χ1) is 14.0. The van der Waals surface area contributed by atoms with Crippen LogP contribution in [0.4, 0.5) is 11.4 Å². The highest BCUT2D eigenvalue weighted by molar-refractivity contribution is 7.11. The van der Waals surface area contributed by atoms with Gasteiger partial charge >= 0.3 is 0 Å². The number of carbonyl (C=O) groups excluding carboxylic acids is 1. The normalized spacial score (nSPS) is 17.1. The van der Waals surface area contributed by atoms with E-state index in [1.165, 1.54) is 35.5 Å². The number of nitrogens with zero attached hydrogens (tertiary/aromatic N) is 3. The van der Waals surface area contributed by atoms with Gasteiger partial charge < -0.3 is 10.2 Å². The van der Waals surface area contributed by atoms with Gasteiger partial charge in [0.25, 0.3) is 11.6 Å². The molecule has 1 aliphatic carbocycles. The van der Waals surface area contributed by atoms with Crippen molar-refractivity contribution in [2.45, 2.75) is 52.0 Å². The molecule has 2 aliphatic rings. The number of aryl methyl sites for hydroxylation is 2. The van der Waals surface area contributed by atoms with E-state index < -0.39 is 4.92 Å². The first-order valence-electron chi connectivity index (χ1n) is 10.3. The second-order valence-corrected chi connectivity index (χ2v) is 9.16. The number of hydrogen-bond acceptors (Lipinski definition) is 6. The van der Waals surface area contributed by atoms with Crippen LogP contribution >= 0.6 is 11.3 Å². The molecule has 1 aromatic heterocycles. The van der Waals surface area contributed by atoms with Gasteiger partial charge in [-0.15, -0.1) is 11.3 Å². The Hall–Kier alpha value is -2.48. The van der Waals surface area contributed by atoms with Crippen LogP contribution in [0, 0.1) is 16.0 Å². The van der Waals surface area contributed by atoms with Crippen molar-refractivity contribution in [1.29, 1.82) is 0 Å². The maximum Gasteiger partial charge on any atom is 0.270 e. The summed E-state index contributed by atoms with van der Waals surface area (Å²) in [5, 5.41) is 15.1. The molecule has 29 heavy (non-hydrogen) atoms. The van der Waals surface area contributed by atoms with Gasteiger partial charge in [-0.3, -0.25) is 14.9 Å². The van der Waals surface area contributed by atoms with Gasteiger partial charge in [-0.2, -0.15) is 0 Å². The van der Waals surface area contributed by atoms with Gasteiger partial charge in [0.15, 0.2) is 0 Å². The van der Waals surface area contributed by atoms with Crippen molar-refractivity contribution >= 4 is 28.6 Å². The highest BCUT2D eigenvalue weighted by atomic mass is 32.1. The second kappa shape index (κ2) is 8.49. The number of carbonyl (C=O) groups is 1. The van der Waals surface area contributed by atoms with Crippen LogP contribution in [0.3, 0.4) is 0 Å². The zero-order chi connectivity index (χ0) is 20.4. The predicted molar refractivity (Wildman–Crippen MR) is 114 cm³/mol. The summed E-state index contributed by atoms with van der Waals surface area (Å²) in [6.07, 6.45) is 6.58. The van der Waals surface area contributed by atoms with Crippen LogP contribution in [0.2, 0.25) is 0 Å². The standard InChI is InChI=1S/C21H26N4O3S/c1-14-8-10-24(11-9-14)18-7-6-15(25(27)28)12-16(18)21(26)22-13-20-23-17-4-2-3-5-19(17)29-20/h6-7,12,14H,2-5,8-11,13H2,1H3,(H,22,26). The van der Waals surface area contributed by atoms with Crippen molar-refractivity contribution in [3.63, 3.8) is 0 Å². The molecule has 1 saturated heterocycles. The molecule has 154 valence electrons. The van der Waals surface area contributed by atoms with Crippen LogP contribution in [0.5, 0.6) is 0 Å². The van der Waals surface area contributed by atoms with Crippen LogP contribution in [-0.2, 0) is 19.4 Å². The minimum atomic E-state index is -0.451. The van der Waals surface area contributed by atoms with Crippen LogP contribution < -0.4 is 10.2 Å². The molecule has 0 saturated carbocycles. The minimum absolute atomic E-state index is 0.0611. The number of non-ortho nitro benzene ring substituents is 1. The Morgan fingerprint density at radius 2 is 2.07 bits per heavy atom. The number of nitro benzene ring substituents is 1. The number of anilines is 1. The number of nitrogens with one attached hydrogen (secondary N) is 1. The molecular weight excluding hydrogens is 388 g/mol. The van der Waals surface area contributed by atoms with E-state index in [-0.39, 0.29) is 11.6 Å². The molecule has 4 rings (SSSR count). The average Bonchev–Trinajstić information content (AvgIpc) is 3.15. The Morgan fingerprint density at radius 1 is 1.31 bits per heavy atom. The van der Waals surface area contributed by atoms with Crippen molar-refractivity contribution in [3.05, 3.63) is 49.5 Å². The topological polar surface area (TPSA) is 88.4 Å². The third-order valence-corrected chi connectivity index (χ3v) is 7.01. The van der Waals surface area contributed by atoms with Crippen LogP contribution in [0.1, 0.15) is 58.5 Å². The van der Waals surface area contributed by atoms with E-state index in [2.05, 4.69) is 22.1 Å². The monoisotopic (exact) mass is 414 g/mol. The van der Waals surface area contributed by atoms with Gasteiger partial charge in [-0.1, -0.05) is 6.92 Å². The Balaban J connectivity index is 1.53. The van der Waals surface area contributed by atoms with E-state index in [1.807, 2.05) is 0 Å². The maximum absolute atomic E-state index is 13.0. The Labute approximate surface area is 174 Å².